The molecule has 2 aromatic rings. The van der Waals surface area contributed by atoms with E-state index in [0.29, 0.717) is 42.9 Å². The lowest BCUT2D eigenvalue weighted by Gasteiger charge is -2.38. The molecule has 200 valence electrons. The molecule has 1 saturated heterocycles. The Kier molecular flexibility index (Phi) is 7.46. The first kappa shape index (κ1) is 25.9. The molecular formula is C29H34FN5O3. The number of halogens is 1. The highest BCUT2D eigenvalue weighted by Gasteiger charge is 2.47. The first-order valence-corrected chi connectivity index (χ1v) is 13.3. The highest BCUT2D eigenvalue weighted by atomic mass is 19.1. The zero-order valence-electron chi connectivity index (χ0n) is 21.9. The zero-order chi connectivity index (χ0) is 26.8. The van der Waals surface area contributed by atoms with Crippen molar-refractivity contribution >= 4 is 17.8 Å². The molecule has 9 heteroatoms. The van der Waals surface area contributed by atoms with Crippen LogP contribution in [0.5, 0.6) is 0 Å². The minimum Gasteiger partial charge on any atom is -0.338 e. The molecule has 0 aliphatic carbocycles. The van der Waals surface area contributed by atoms with Crippen LogP contribution in [0, 0.1) is 5.82 Å². The number of carbonyl (C=O) groups is 3. The van der Waals surface area contributed by atoms with Crippen molar-refractivity contribution in [3.63, 3.8) is 0 Å². The Morgan fingerprint density at radius 3 is 2.29 bits per heavy atom. The van der Waals surface area contributed by atoms with Crippen LogP contribution in [0.2, 0.25) is 0 Å². The van der Waals surface area contributed by atoms with Crippen LogP contribution in [0.1, 0.15) is 31.0 Å². The Balaban J connectivity index is 1.48. The Morgan fingerprint density at radius 2 is 1.66 bits per heavy atom. The average Bonchev–Trinajstić information content (AvgIpc) is 3.28. The summed E-state index contributed by atoms with van der Waals surface area (Å²) < 4.78 is 13.7. The zero-order valence-corrected chi connectivity index (χ0v) is 21.9. The number of likely N-dealkylation sites (N-methyl/N-ethyl adjacent to an activating group) is 2. The number of piperazine rings is 1. The van der Waals surface area contributed by atoms with E-state index < -0.39 is 17.9 Å². The maximum absolute atomic E-state index is 14.1. The number of nitrogens with one attached hydrogen (secondary N) is 1. The molecule has 4 amide bonds. The number of urea groups is 1. The standard InChI is InChI=1S/C29H34FN5O3/c1-3-32-14-16-33(17-15-32)27(36)23(18-20-8-6-5-7-9-20)35-19-24-25(28(35)37)26(31-29(38)34(24)4-2)21-10-12-22(30)13-11-21/h5-13,23,26H,3-4,14-19H2,1-2H3,(H,31,38). The molecule has 1 N–H and O–H groups in total. The molecule has 0 bridgehead atoms. The molecule has 3 aliphatic rings. The predicted octanol–water partition coefficient (Wildman–Crippen LogP) is 2.78. The number of rotatable bonds is 7. The third kappa shape index (κ3) is 4.90. The maximum Gasteiger partial charge on any atom is 0.322 e. The van der Waals surface area contributed by atoms with Crippen LogP contribution >= 0.6 is 0 Å². The summed E-state index contributed by atoms with van der Waals surface area (Å²) in [5.74, 6) is -0.732. The molecule has 5 rings (SSSR count). The molecule has 0 radical (unpaired) electrons. The van der Waals surface area contributed by atoms with Gasteiger partial charge in [-0.15, -0.1) is 0 Å². The second-order valence-corrected chi connectivity index (χ2v) is 9.94. The topological polar surface area (TPSA) is 76.2 Å². The third-order valence-corrected chi connectivity index (χ3v) is 7.83. The van der Waals surface area contributed by atoms with Gasteiger partial charge in [0.1, 0.15) is 11.9 Å². The molecule has 8 nitrogen and oxygen atoms in total. The molecule has 2 unspecified atom stereocenters. The summed E-state index contributed by atoms with van der Waals surface area (Å²) in [5, 5.41) is 2.93. The van der Waals surface area contributed by atoms with Crippen molar-refractivity contribution in [2.75, 3.05) is 45.8 Å². The number of amides is 4. The van der Waals surface area contributed by atoms with Gasteiger partial charge < -0.3 is 20.0 Å². The summed E-state index contributed by atoms with van der Waals surface area (Å²) in [6.07, 6.45) is 0.384. The Bertz CT molecular complexity index is 1220. The normalized spacial score (nSPS) is 21.0. The number of hydrogen-bond donors (Lipinski definition) is 1. The van der Waals surface area contributed by atoms with Crippen molar-refractivity contribution in [2.24, 2.45) is 0 Å². The molecule has 1 fully saturated rings. The number of benzene rings is 2. The molecular weight excluding hydrogens is 485 g/mol. The SMILES string of the molecule is CCN1CCN(C(=O)C(Cc2ccccc2)N2CC3=C(C2=O)C(c2ccc(F)cc2)NC(=O)N3CC)CC1. The largest absolute Gasteiger partial charge is 0.338 e. The molecule has 0 saturated carbocycles. The van der Waals surface area contributed by atoms with Gasteiger partial charge in [-0.3, -0.25) is 14.5 Å². The second kappa shape index (κ2) is 10.9. The Labute approximate surface area is 222 Å². The Hall–Kier alpha value is -3.72. The van der Waals surface area contributed by atoms with Gasteiger partial charge in [0.2, 0.25) is 5.91 Å². The molecule has 3 aliphatic heterocycles. The summed E-state index contributed by atoms with van der Waals surface area (Å²) in [5.41, 5.74) is 2.64. The summed E-state index contributed by atoms with van der Waals surface area (Å²) in [7, 11) is 0. The number of nitrogens with zero attached hydrogens (tertiary/aromatic N) is 4. The van der Waals surface area contributed by atoms with E-state index in [0.717, 1.165) is 25.2 Å². The fraction of sp³-hybridized carbons (Fsp3) is 0.414. The Morgan fingerprint density at radius 1 is 0.974 bits per heavy atom. The highest BCUT2D eigenvalue weighted by molar-refractivity contribution is 6.03. The third-order valence-electron chi connectivity index (χ3n) is 7.83. The van der Waals surface area contributed by atoms with Crippen molar-refractivity contribution in [3.8, 4) is 0 Å². The fourth-order valence-corrected chi connectivity index (χ4v) is 5.67. The molecule has 0 spiro atoms. The smallest absolute Gasteiger partial charge is 0.322 e. The van der Waals surface area contributed by atoms with Crippen molar-refractivity contribution in [1.82, 2.24) is 24.9 Å². The lowest BCUT2D eigenvalue weighted by atomic mass is 9.95. The average molecular weight is 520 g/mol. The van der Waals surface area contributed by atoms with Crippen LogP contribution in [-0.4, -0.2) is 89.3 Å². The van der Waals surface area contributed by atoms with Crippen LogP contribution in [-0.2, 0) is 16.0 Å². The van der Waals surface area contributed by atoms with Crippen LogP contribution in [0.4, 0.5) is 9.18 Å². The summed E-state index contributed by atoms with van der Waals surface area (Å²) in [6.45, 7) is 8.31. The van der Waals surface area contributed by atoms with E-state index in [1.807, 2.05) is 42.2 Å². The summed E-state index contributed by atoms with van der Waals surface area (Å²) >= 11 is 0. The van der Waals surface area contributed by atoms with Gasteiger partial charge in [-0.1, -0.05) is 49.4 Å². The maximum atomic E-state index is 14.1. The van der Waals surface area contributed by atoms with E-state index in [-0.39, 0.29) is 24.4 Å². The quantitative estimate of drug-likeness (QED) is 0.611. The van der Waals surface area contributed by atoms with E-state index in [2.05, 4.69) is 17.1 Å². The van der Waals surface area contributed by atoms with Crippen molar-refractivity contribution < 1.29 is 18.8 Å². The van der Waals surface area contributed by atoms with Crippen LogP contribution < -0.4 is 5.32 Å². The minimum atomic E-state index is -0.709. The van der Waals surface area contributed by atoms with E-state index in [4.69, 9.17) is 0 Å². The molecule has 3 heterocycles. The summed E-state index contributed by atoms with van der Waals surface area (Å²) in [4.78, 5) is 48.5. The summed E-state index contributed by atoms with van der Waals surface area (Å²) in [6, 6.07) is 13.8. The van der Waals surface area contributed by atoms with Crippen molar-refractivity contribution in [3.05, 3.63) is 82.8 Å². The fourth-order valence-electron chi connectivity index (χ4n) is 5.67. The predicted molar refractivity (Wildman–Crippen MR) is 141 cm³/mol. The van der Waals surface area contributed by atoms with Crippen molar-refractivity contribution in [1.29, 1.82) is 0 Å². The molecule has 2 atom stereocenters. The van der Waals surface area contributed by atoms with Crippen molar-refractivity contribution in [2.45, 2.75) is 32.4 Å². The van der Waals surface area contributed by atoms with E-state index in [9.17, 15) is 18.8 Å². The first-order valence-electron chi connectivity index (χ1n) is 13.3. The van der Waals surface area contributed by atoms with Gasteiger partial charge in [0.25, 0.3) is 5.91 Å². The van der Waals surface area contributed by atoms with E-state index in [1.165, 1.54) is 12.1 Å². The van der Waals surface area contributed by atoms with Gasteiger partial charge in [-0.05, 0) is 36.7 Å². The number of carbonyl (C=O) groups excluding carboxylic acids is 3. The van der Waals surface area contributed by atoms with E-state index >= 15 is 0 Å². The molecule has 38 heavy (non-hydrogen) atoms. The van der Waals surface area contributed by atoms with Crippen LogP contribution in [0.15, 0.2) is 65.9 Å². The van der Waals surface area contributed by atoms with Crippen LogP contribution in [0.25, 0.3) is 0 Å². The first-order chi connectivity index (χ1) is 18.4. The monoisotopic (exact) mass is 519 g/mol. The van der Waals surface area contributed by atoms with Gasteiger partial charge in [0.05, 0.1) is 23.9 Å². The molecule has 2 aromatic carbocycles. The minimum absolute atomic E-state index is 0.0709. The van der Waals surface area contributed by atoms with E-state index in [1.54, 1.807) is 21.9 Å². The lowest BCUT2D eigenvalue weighted by Crippen LogP contribution is -2.56. The molecule has 0 aromatic heterocycles. The lowest BCUT2D eigenvalue weighted by molar-refractivity contribution is -0.144. The van der Waals surface area contributed by atoms with Gasteiger partial charge in [0.15, 0.2) is 0 Å². The number of hydrogen-bond acceptors (Lipinski definition) is 4. The van der Waals surface area contributed by atoms with Crippen LogP contribution in [0.3, 0.4) is 0 Å². The van der Waals surface area contributed by atoms with Gasteiger partial charge in [-0.25, -0.2) is 9.18 Å². The van der Waals surface area contributed by atoms with Gasteiger partial charge in [0, 0.05) is 39.1 Å². The highest BCUT2D eigenvalue weighted by Crippen LogP contribution is 2.37. The second-order valence-electron chi connectivity index (χ2n) is 9.94. The van der Waals surface area contributed by atoms with Gasteiger partial charge in [-0.2, -0.15) is 0 Å². The van der Waals surface area contributed by atoms with Gasteiger partial charge >= 0.3 is 6.03 Å².